The first kappa shape index (κ1) is 16.6. The van der Waals surface area contributed by atoms with E-state index in [2.05, 4.69) is 4.98 Å². The number of carbonyl (C=O) groups is 3. The van der Waals surface area contributed by atoms with Gasteiger partial charge in [-0.15, -0.1) is 0 Å². The second-order valence-corrected chi connectivity index (χ2v) is 5.67. The van der Waals surface area contributed by atoms with E-state index in [-0.39, 0.29) is 35.9 Å². The van der Waals surface area contributed by atoms with E-state index in [1.165, 1.54) is 19.4 Å². The Kier molecular flexibility index (Phi) is 4.47. The molecular weight excluding hydrogens is 326 g/mol. The molecule has 2 aromatic rings. The largest absolute Gasteiger partial charge is 0.497 e. The molecule has 0 saturated carbocycles. The number of hydrogen-bond donors (Lipinski definition) is 1. The van der Waals surface area contributed by atoms with Crippen LogP contribution in [0.5, 0.6) is 11.5 Å². The molecule has 0 amide bonds. The monoisotopic (exact) mass is 341 g/mol. The smallest absolute Gasteiger partial charge is 0.337 e. The molecule has 1 aliphatic carbocycles. The highest BCUT2D eigenvalue weighted by molar-refractivity contribution is 6.02. The lowest BCUT2D eigenvalue weighted by molar-refractivity contribution is -0.134. The van der Waals surface area contributed by atoms with Crippen molar-refractivity contribution in [1.29, 1.82) is 0 Å². The molecule has 1 aliphatic rings. The zero-order chi connectivity index (χ0) is 18.0. The Balaban J connectivity index is 1.73. The zero-order valence-electron chi connectivity index (χ0n) is 13.4. The summed E-state index contributed by atoms with van der Waals surface area (Å²) in [6, 6.07) is 6.39. The summed E-state index contributed by atoms with van der Waals surface area (Å²) in [7, 11) is 1.53. The van der Waals surface area contributed by atoms with Crippen LogP contribution in [0.3, 0.4) is 0 Å². The second-order valence-electron chi connectivity index (χ2n) is 5.67. The van der Waals surface area contributed by atoms with Crippen LogP contribution in [-0.4, -0.2) is 34.9 Å². The van der Waals surface area contributed by atoms with Gasteiger partial charge in [0.15, 0.2) is 5.78 Å². The number of aromatic carboxylic acids is 1. The van der Waals surface area contributed by atoms with Gasteiger partial charge in [-0.05, 0) is 29.8 Å². The van der Waals surface area contributed by atoms with Gasteiger partial charge in [0.25, 0.3) is 0 Å². The van der Waals surface area contributed by atoms with Crippen LogP contribution in [0.25, 0.3) is 0 Å². The molecule has 0 bridgehead atoms. The predicted molar refractivity (Wildman–Crippen MR) is 86.1 cm³/mol. The molecule has 1 aromatic carbocycles. The van der Waals surface area contributed by atoms with Crippen LogP contribution in [0, 0.1) is 0 Å². The summed E-state index contributed by atoms with van der Waals surface area (Å²) in [6.07, 6.45) is 2.66. The fourth-order valence-electron chi connectivity index (χ4n) is 2.85. The Morgan fingerprint density at radius 3 is 2.76 bits per heavy atom. The summed E-state index contributed by atoms with van der Waals surface area (Å²) in [5.41, 5.74) is 1.28. The van der Waals surface area contributed by atoms with Crippen LogP contribution in [0.4, 0.5) is 0 Å². The molecule has 1 aromatic heterocycles. The fourth-order valence-corrected chi connectivity index (χ4v) is 2.85. The Labute approximate surface area is 143 Å². The number of pyridine rings is 1. The first-order chi connectivity index (χ1) is 12.0. The Morgan fingerprint density at radius 1 is 1.24 bits per heavy atom. The van der Waals surface area contributed by atoms with Gasteiger partial charge in [0, 0.05) is 24.1 Å². The molecule has 1 heterocycles. The third-order valence-electron chi connectivity index (χ3n) is 4.04. The average Bonchev–Trinajstić information content (AvgIpc) is 2.90. The Hall–Kier alpha value is -3.22. The summed E-state index contributed by atoms with van der Waals surface area (Å²) in [6.45, 7) is 0. The number of fused-ring (bicyclic) bond motifs is 1. The summed E-state index contributed by atoms with van der Waals surface area (Å²) < 4.78 is 10.3. The van der Waals surface area contributed by atoms with Crippen LogP contribution in [0.15, 0.2) is 36.7 Å². The van der Waals surface area contributed by atoms with E-state index in [0.29, 0.717) is 11.3 Å². The van der Waals surface area contributed by atoms with E-state index >= 15 is 0 Å². The number of methoxy groups -OCH3 is 1. The normalized spacial score (nSPS) is 15.6. The number of Topliss-reactive ketones (excluding diaryl/α,β-unsaturated/α-hetero) is 1. The van der Waals surface area contributed by atoms with Gasteiger partial charge in [-0.25, -0.2) is 4.79 Å². The lowest BCUT2D eigenvalue weighted by Crippen LogP contribution is -2.12. The summed E-state index contributed by atoms with van der Waals surface area (Å²) >= 11 is 0. The van der Waals surface area contributed by atoms with Gasteiger partial charge in [0.1, 0.15) is 11.5 Å². The Morgan fingerprint density at radius 2 is 2.04 bits per heavy atom. The molecule has 0 radical (unpaired) electrons. The first-order valence-electron chi connectivity index (χ1n) is 7.58. The van der Waals surface area contributed by atoms with Gasteiger partial charge in [-0.2, -0.15) is 0 Å². The number of aromatic nitrogens is 1. The molecule has 0 aliphatic heterocycles. The summed E-state index contributed by atoms with van der Waals surface area (Å²) in [4.78, 5) is 38.9. The topological polar surface area (TPSA) is 103 Å². The Bertz CT molecular complexity index is 860. The number of carbonyl (C=O) groups excluding carboxylic acids is 2. The molecule has 128 valence electrons. The van der Waals surface area contributed by atoms with Crippen LogP contribution in [0.1, 0.15) is 45.0 Å². The molecule has 0 spiro atoms. The standard InChI is InChI=1S/C18H15NO6/c1-24-12-2-3-14-15(7-12)10(5-16(14)20)6-17(21)25-13-4-11(18(22)23)8-19-9-13/h2-4,7-10H,5-6H2,1H3,(H,22,23). The molecule has 0 fully saturated rings. The molecule has 3 rings (SSSR count). The van der Waals surface area contributed by atoms with Crippen molar-refractivity contribution in [2.75, 3.05) is 7.11 Å². The number of nitrogens with zero attached hydrogens (tertiary/aromatic N) is 1. The van der Waals surface area contributed by atoms with Gasteiger partial charge in [-0.1, -0.05) is 0 Å². The van der Waals surface area contributed by atoms with Gasteiger partial charge < -0.3 is 14.6 Å². The van der Waals surface area contributed by atoms with Crippen LogP contribution < -0.4 is 9.47 Å². The minimum Gasteiger partial charge on any atom is -0.497 e. The lowest BCUT2D eigenvalue weighted by atomic mass is 9.98. The van der Waals surface area contributed by atoms with Crippen molar-refractivity contribution in [3.05, 3.63) is 53.3 Å². The van der Waals surface area contributed by atoms with E-state index in [1.54, 1.807) is 18.2 Å². The fraction of sp³-hybridized carbons (Fsp3) is 0.222. The van der Waals surface area contributed by atoms with Crippen molar-refractivity contribution in [1.82, 2.24) is 4.98 Å². The van der Waals surface area contributed by atoms with Gasteiger partial charge in [0.2, 0.25) is 0 Å². The lowest BCUT2D eigenvalue weighted by Gasteiger charge is -2.11. The molecule has 7 nitrogen and oxygen atoms in total. The molecule has 1 unspecified atom stereocenters. The number of carboxylic acid groups (broad SMARTS) is 1. The minimum absolute atomic E-state index is 0.00318. The SMILES string of the molecule is COc1ccc2c(c1)C(CC(=O)Oc1cncc(C(=O)O)c1)CC2=O. The van der Waals surface area contributed by atoms with Crippen molar-refractivity contribution >= 4 is 17.7 Å². The van der Waals surface area contributed by atoms with E-state index in [1.807, 2.05) is 0 Å². The highest BCUT2D eigenvalue weighted by Crippen LogP contribution is 2.37. The average molecular weight is 341 g/mol. The maximum atomic E-state index is 12.2. The van der Waals surface area contributed by atoms with E-state index in [4.69, 9.17) is 14.6 Å². The van der Waals surface area contributed by atoms with Crippen molar-refractivity contribution in [3.63, 3.8) is 0 Å². The van der Waals surface area contributed by atoms with Crippen molar-refractivity contribution in [2.45, 2.75) is 18.8 Å². The number of carboxylic acids is 1. The number of hydrogen-bond acceptors (Lipinski definition) is 6. The molecule has 25 heavy (non-hydrogen) atoms. The minimum atomic E-state index is -1.16. The van der Waals surface area contributed by atoms with Crippen LogP contribution >= 0.6 is 0 Å². The van der Waals surface area contributed by atoms with E-state index in [9.17, 15) is 14.4 Å². The predicted octanol–water partition coefficient (Wildman–Crippen LogP) is 2.45. The highest BCUT2D eigenvalue weighted by atomic mass is 16.5. The molecule has 1 atom stereocenters. The maximum absolute atomic E-state index is 12.2. The number of benzene rings is 1. The van der Waals surface area contributed by atoms with Gasteiger partial charge >= 0.3 is 11.9 Å². The number of esters is 1. The number of ketones is 1. The molecule has 0 saturated heterocycles. The molecule has 1 N–H and O–H groups in total. The van der Waals surface area contributed by atoms with Gasteiger partial charge in [0.05, 0.1) is 25.3 Å². The van der Waals surface area contributed by atoms with E-state index < -0.39 is 11.9 Å². The second kappa shape index (κ2) is 6.72. The summed E-state index contributed by atoms with van der Waals surface area (Å²) in [5, 5.41) is 8.93. The number of rotatable bonds is 5. The number of ether oxygens (including phenoxy) is 2. The first-order valence-corrected chi connectivity index (χ1v) is 7.58. The highest BCUT2D eigenvalue weighted by Gasteiger charge is 2.31. The van der Waals surface area contributed by atoms with Crippen LogP contribution in [0.2, 0.25) is 0 Å². The van der Waals surface area contributed by atoms with Crippen molar-refractivity contribution in [2.24, 2.45) is 0 Å². The van der Waals surface area contributed by atoms with Crippen LogP contribution in [-0.2, 0) is 4.79 Å². The quantitative estimate of drug-likeness (QED) is 0.833. The maximum Gasteiger partial charge on any atom is 0.337 e. The van der Waals surface area contributed by atoms with Gasteiger partial charge in [-0.3, -0.25) is 14.6 Å². The van der Waals surface area contributed by atoms with E-state index in [0.717, 1.165) is 11.8 Å². The third-order valence-corrected chi connectivity index (χ3v) is 4.04. The van der Waals surface area contributed by atoms with Crippen molar-refractivity contribution in [3.8, 4) is 11.5 Å². The molecule has 7 heteroatoms. The third kappa shape index (κ3) is 3.50. The summed E-state index contributed by atoms with van der Waals surface area (Å²) in [5.74, 6) is -1.36. The molecular formula is C18H15NO6. The zero-order valence-corrected chi connectivity index (χ0v) is 13.4. The van der Waals surface area contributed by atoms with Crippen molar-refractivity contribution < 1.29 is 29.0 Å².